The van der Waals surface area contributed by atoms with Gasteiger partial charge in [0.2, 0.25) is 0 Å². The van der Waals surface area contributed by atoms with Gasteiger partial charge in [-0.1, -0.05) is 0 Å². The summed E-state index contributed by atoms with van der Waals surface area (Å²) in [5, 5.41) is 18.3. The average molecular weight is 211 g/mol. The lowest BCUT2D eigenvalue weighted by molar-refractivity contribution is 0.279. The van der Waals surface area contributed by atoms with Crippen molar-refractivity contribution in [1.82, 2.24) is 0 Å². The maximum Gasteiger partial charge on any atom is 0.120 e. The zero-order chi connectivity index (χ0) is 11.3. The minimum absolute atomic E-state index is 0.110. The van der Waals surface area contributed by atoms with Gasteiger partial charge < -0.3 is 20.7 Å². The third-order valence-electron chi connectivity index (χ3n) is 2.31. The molecule has 84 valence electrons. The van der Waals surface area contributed by atoms with Crippen molar-refractivity contribution in [2.75, 3.05) is 13.7 Å². The fourth-order valence-corrected chi connectivity index (χ4v) is 1.42. The van der Waals surface area contributed by atoms with Gasteiger partial charge >= 0.3 is 0 Å². The van der Waals surface area contributed by atoms with E-state index in [-0.39, 0.29) is 18.4 Å². The van der Waals surface area contributed by atoms with Crippen LogP contribution in [0.3, 0.4) is 0 Å². The molecule has 0 fully saturated rings. The van der Waals surface area contributed by atoms with Crippen LogP contribution in [0.15, 0.2) is 18.2 Å². The summed E-state index contributed by atoms with van der Waals surface area (Å²) in [7, 11) is 1.56. The number of aliphatic hydroxyl groups is 1. The molecule has 0 amide bonds. The summed E-state index contributed by atoms with van der Waals surface area (Å²) in [4.78, 5) is 0. The number of phenols is 1. The summed E-state index contributed by atoms with van der Waals surface area (Å²) >= 11 is 0. The fourth-order valence-electron chi connectivity index (χ4n) is 1.42. The minimum atomic E-state index is -0.271. The number of nitrogens with two attached hydrogens (primary N) is 1. The smallest absolute Gasteiger partial charge is 0.120 e. The highest BCUT2D eigenvalue weighted by molar-refractivity contribution is 5.41. The number of rotatable bonds is 5. The Morgan fingerprint density at radius 3 is 2.80 bits per heavy atom. The molecule has 1 rings (SSSR count). The summed E-state index contributed by atoms with van der Waals surface area (Å²) in [6.45, 7) is 0.110. The molecule has 1 atom stereocenters. The molecule has 0 aliphatic carbocycles. The first-order chi connectivity index (χ1) is 7.19. The Labute approximate surface area is 89.3 Å². The molecule has 0 bridgehead atoms. The third kappa shape index (κ3) is 3.11. The van der Waals surface area contributed by atoms with Gasteiger partial charge in [-0.2, -0.15) is 0 Å². The van der Waals surface area contributed by atoms with Crippen molar-refractivity contribution >= 4 is 0 Å². The molecule has 0 aliphatic rings. The zero-order valence-corrected chi connectivity index (χ0v) is 8.81. The Hall–Kier alpha value is -1.26. The SMILES string of the molecule is COc1ccc(O)c([C@H](N)CCCO)c1. The molecule has 4 nitrogen and oxygen atoms in total. The Morgan fingerprint density at radius 2 is 2.20 bits per heavy atom. The molecule has 0 unspecified atom stereocenters. The second-order valence-corrected chi connectivity index (χ2v) is 3.40. The second kappa shape index (κ2) is 5.58. The van der Waals surface area contributed by atoms with Crippen molar-refractivity contribution in [2.45, 2.75) is 18.9 Å². The van der Waals surface area contributed by atoms with Crippen molar-refractivity contribution < 1.29 is 14.9 Å². The van der Waals surface area contributed by atoms with Gasteiger partial charge in [0.1, 0.15) is 11.5 Å². The van der Waals surface area contributed by atoms with Crippen LogP contribution in [0.1, 0.15) is 24.4 Å². The van der Waals surface area contributed by atoms with Crippen LogP contribution in [0.25, 0.3) is 0 Å². The van der Waals surface area contributed by atoms with Crippen molar-refractivity contribution in [3.05, 3.63) is 23.8 Å². The summed E-state index contributed by atoms with van der Waals surface area (Å²) in [6, 6.07) is 4.69. The van der Waals surface area contributed by atoms with Gasteiger partial charge in [0, 0.05) is 18.2 Å². The standard InChI is InChI=1S/C11H17NO3/c1-15-8-4-5-11(14)9(7-8)10(12)3-2-6-13/h4-5,7,10,13-14H,2-3,6,12H2,1H3/t10-/m1/s1. The summed E-state index contributed by atoms with van der Waals surface area (Å²) in [5.74, 6) is 0.837. The topological polar surface area (TPSA) is 75.7 Å². The van der Waals surface area contributed by atoms with Crippen LogP contribution in [0, 0.1) is 0 Å². The van der Waals surface area contributed by atoms with Gasteiger partial charge in [-0.15, -0.1) is 0 Å². The monoisotopic (exact) mass is 211 g/mol. The number of aromatic hydroxyl groups is 1. The van der Waals surface area contributed by atoms with E-state index in [4.69, 9.17) is 15.6 Å². The Kier molecular flexibility index (Phi) is 4.39. The molecule has 1 aromatic rings. The van der Waals surface area contributed by atoms with Gasteiger partial charge in [-0.05, 0) is 31.0 Å². The molecule has 0 aliphatic heterocycles. The number of aliphatic hydroxyl groups excluding tert-OH is 1. The predicted octanol–water partition coefficient (Wildman–Crippen LogP) is 1.17. The molecule has 0 heterocycles. The summed E-state index contributed by atoms with van der Waals surface area (Å²) < 4.78 is 5.05. The molecule has 0 spiro atoms. The molecule has 15 heavy (non-hydrogen) atoms. The summed E-state index contributed by atoms with van der Waals surface area (Å²) in [5.41, 5.74) is 6.53. The number of hydrogen-bond donors (Lipinski definition) is 3. The molecule has 4 heteroatoms. The van der Waals surface area contributed by atoms with E-state index in [0.29, 0.717) is 24.2 Å². The molecular weight excluding hydrogens is 194 g/mol. The van der Waals surface area contributed by atoms with Crippen molar-refractivity contribution in [3.8, 4) is 11.5 Å². The Balaban J connectivity index is 2.81. The number of phenolic OH excluding ortho intramolecular Hbond substituents is 1. The zero-order valence-electron chi connectivity index (χ0n) is 8.81. The van der Waals surface area contributed by atoms with Crippen LogP contribution in [0.2, 0.25) is 0 Å². The molecule has 0 saturated heterocycles. The first-order valence-corrected chi connectivity index (χ1v) is 4.92. The minimum Gasteiger partial charge on any atom is -0.508 e. The van der Waals surface area contributed by atoms with Gasteiger partial charge in [-0.25, -0.2) is 0 Å². The maximum absolute atomic E-state index is 9.60. The molecule has 0 radical (unpaired) electrons. The van der Waals surface area contributed by atoms with Crippen molar-refractivity contribution in [3.63, 3.8) is 0 Å². The highest BCUT2D eigenvalue weighted by atomic mass is 16.5. The Bertz CT molecular complexity index is 315. The summed E-state index contributed by atoms with van der Waals surface area (Å²) in [6.07, 6.45) is 1.26. The lowest BCUT2D eigenvalue weighted by atomic mass is 10.0. The first-order valence-electron chi connectivity index (χ1n) is 4.92. The highest BCUT2D eigenvalue weighted by Gasteiger charge is 2.11. The molecule has 1 aromatic carbocycles. The predicted molar refractivity (Wildman–Crippen MR) is 57.9 cm³/mol. The van der Waals surface area contributed by atoms with E-state index in [9.17, 15) is 5.11 Å². The van der Waals surface area contributed by atoms with E-state index >= 15 is 0 Å². The van der Waals surface area contributed by atoms with E-state index in [2.05, 4.69) is 0 Å². The quantitative estimate of drug-likeness (QED) is 0.683. The van der Waals surface area contributed by atoms with E-state index in [0.717, 1.165) is 0 Å². The number of benzene rings is 1. The Morgan fingerprint density at radius 1 is 1.47 bits per heavy atom. The van der Waals surface area contributed by atoms with E-state index < -0.39 is 0 Å². The highest BCUT2D eigenvalue weighted by Crippen LogP contribution is 2.29. The molecule has 0 aromatic heterocycles. The van der Waals surface area contributed by atoms with Crippen LogP contribution >= 0.6 is 0 Å². The number of ether oxygens (including phenoxy) is 1. The van der Waals surface area contributed by atoms with Crippen LogP contribution < -0.4 is 10.5 Å². The lowest BCUT2D eigenvalue weighted by Crippen LogP contribution is -2.11. The second-order valence-electron chi connectivity index (χ2n) is 3.40. The van der Waals surface area contributed by atoms with E-state index in [1.165, 1.54) is 0 Å². The number of hydrogen-bond acceptors (Lipinski definition) is 4. The molecule has 4 N–H and O–H groups in total. The average Bonchev–Trinajstić information content (AvgIpc) is 2.26. The molecular formula is C11H17NO3. The van der Waals surface area contributed by atoms with Crippen LogP contribution in [0.4, 0.5) is 0 Å². The third-order valence-corrected chi connectivity index (χ3v) is 2.31. The molecule has 0 saturated carbocycles. The van der Waals surface area contributed by atoms with Crippen molar-refractivity contribution in [2.24, 2.45) is 5.73 Å². The van der Waals surface area contributed by atoms with Gasteiger partial charge in [0.05, 0.1) is 7.11 Å². The van der Waals surface area contributed by atoms with Crippen LogP contribution in [-0.2, 0) is 0 Å². The van der Waals surface area contributed by atoms with E-state index in [1.54, 1.807) is 25.3 Å². The van der Waals surface area contributed by atoms with Gasteiger partial charge in [0.15, 0.2) is 0 Å². The van der Waals surface area contributed by atoms with Crippen LogP contribution in [0.5, 0.6) is 11.5 Å². The van der Waals surface area contributed by atoms with Gasteiger partial charge in [0.25, 0.3) is 0 Å². The van der Waals surface area contributed by atoms with Crippen molar-refractivity contribution in [1.29, 1.82) is 0 Å². The van der Waals surface area contributed by atoms with Gasteiger partial charge in [-0.3, -0.25) is 0 Å². The normalized spacial score (nSPS) is 12.5. The fraction of sp³-hybridized carbons (Fsp3) is 0.455. The lowest BCUT2D eigenvalue weighted by Gasteiger charge is -2.14. The largest absolute Gasteiger partial charge is 0.508 e. The van der Waals surface area contributed by atoms with E-state index in [1.807, 2.05) is 0 Å². The maximum atomic E-state index is 9.60. The first kappa shape index (κ1) is 11.8. The number of methoxy groups -OCH3 is 1. The van der Waals surface area contributed by atoms with Crippen LogP contribution in [-0.4, -0.2) is 23.9 Å².